The fraction of sp³-hybridized carbons (Fsp3) is 0.875. The lowest BCUT2D eigenvalue weighted by molar-refractivity contribution is 0.600. The lowest BCUT2D eigenvalue weighted by Gasteiger charge is -2.14. The molecule has 1 saturated heterocycles. The van der Waals surface area contributed by atoms with Gasteiger partial charge in [-0.05, 0) is 25.1 Å². The first-order valence-electron chi connectivity index (χ1n) is 4.78. The van der Waals surface area contributed by atoms with Gasteiger partial charge in [0.2, 0.25) is 0 Å². The average Bonchev–Trinajstić information content (AvgIpc) is 2.42. The van der Waals surface area contributed by atoms with E-state index in [1.165, 1.54) is 0 Å². The molecule has 0 aliphatic carbocycles. The molecule has 1 aliphatic rings. The number of hydrogen-bond acceptors (Lipinski definition) is 3. The minimum absolute atomic E-state index is 0.00291. The van der Waals surface area contributed by atoms with Crippen LogP contribution >= 0.6 is 12.2 Å². The summed E-state index contributed by atoms with van der Waals surface area (Å²) in [7, 11) is -2.81. The van der Waals surface area contributed by atoms with Crippen molar-refractivity contribution in [1.29, 1.82) is 0 Å². The molecule has 0 aromatic heterocycles. The van der Waals surface area contributed by atoms with Crippen LogP contribution in [-0.2, 0) is 9.84 Å². The summed E-state index contributed by atoms with van der Waals surface area (Å²) in [5.74, 6) is 0.488. The number of sulfone groups is 1. The lowest BCUT2D eigenvalue weighted by Crippen LogP contribution is -2.42. The lowest BCUT2D eigenvalue weighted by atomic mass is 10.3. The summed E-state index contributed by atoms with van der Waals surface area (Å²) in [6.45, 7) is 2.88. The van der Waals surface area contributed by atoms with Crippen molar-refractivity contribution in [3.05, 3.63) is 0 Å². The highest BCUT2D eigenvalue weighted by molar-refractivity contribution is 7.91. The summed E-state index contributed by atoms with van der Waals surface area (Å²) in [5.41, 5.74) is 0. The Bertz CT molecular complexity index is 300. The first kappa shape index (κ1) is 11.7. The third-order valence-corrected chi connectivity index (χ3v) is 4.13. The Balaban J connectivity index is 2.29. The van der Waals surface area contributed by atoms with Crippen LogP contribution in [0.5, 0.6) is 0 Å². The van der Waals surface area contributed by atoms with Crippen LogP contribution in [0.15, 0.2) is 0 Å². The zero-order valence-electron chi connectivity index (χ0n) is 8.25. The van der Waals surface area contributed by atoms with Gasteiger partial charge in [0.1, 0.15) is 0 Å². The first-order chi connectivity index (χ1) is 6.53. The van der Waals surface area contributed by atoms with E-state index >= 15 is 0 Å². The number of rotatable bonds is 3. The Morgan fingerprint density at radius 1 is 1.57 bits per heavy atom. The molecule has 1 atom stereocenters. The van der Waals surface area contributed by atoms with Crippen molar-refractivity contribution in [3.63, 3.8) is 0 Å². The topological polar surface area (TPSA) is 58.2 Å². The van der Waals surface area contributed by atoms with Gasteiger partial charge in [0, 0.05) is 12.6 Å². The van der Waals surface area contributed by atoms with Crippen LogP contribution < -0.4 is 10.6 Å². The van der Waals surface area contributed by atoms with Crippen LogP contribution in [0.25, 0.3) is 0 Å². The van der Waals surface area contributed by atoms with Gasteiger partial charge in [0.15, 0.2) is 14.9 Å². The van der Waals surface area contributed by atoms with Crippen molar-refractivity contribution in [2.24, 2.45) is 0 Å². The molecule has 0 bridgehead atoms. The van der Waals surface area contributed by atoms with E-state index in [9.17, 15) is 8.42 Å². The van der Waals surface area contributed by atoms with Gasteiger partial charge in [-0.3, -0.25) is 0 Å². The number of thiocarbonyl (C=S) groups is 1. The highest BCUT2D eigenvalue weighted by Gasteiger charge is 2.27. The summed E-state index contributed by atoms with van der Waals surface area (Å²) in [6, 6.07) is -0.00291. The SMILES string of the molecule is CCCNC(=S)NC1CCS(=O)(=O)C1. The van der Waals surface area contributed by atoms with Crippen molar-refractivity contribution >= 4 is 27.2 Å². The van der Waals surface area contributed by atoms with Gasteiger partial charge in [-0.25, -0.2) is 8.42 Å². The molecule has 4 nitrogen and oxygen atoms in total. The molecular weight excluding hydrogens is 220 g/mol. The highest BCUT2D eigenvalue weighted by atomic mass is 32.2. The fourth-order valence-electron chi connectivity index (χ4n) is 1.38. The predicted molar refractivity (Wildman–Crippen MR) is 61.1 cm³/mol. The summed E-state index contributed by atoms with van der Waals surface area (Å²) >= 11 is 5.01. The molecule has 82 valence electrons. The Hall–Kier alpha value is -0.360. The second-order valence-electron chi connectivity index (χ2n) is 3.50. The average molecular weight is 236 g/mol. The van der Waals surface area contributed by atoms with E-state index in [4.69, 9.17) is 12.2 Å². The molecule has 1 rings (SSSR count). The smallest absolute Gasteiger partial charge is 0.166 e. The molecule has 1 unspecified atom stereocenters. The van der Waals surface area contributed by atoms with Gasteiger partial charge < -0.3 is 10.6 Å². The molecule has 1 fully saturated rings. The highest BCUT2D eigenvalue weighted by Crippen LogP contribution is 2.10. The van der Waals surface area contributed by atoms with E-state index in [1.807, 2.05) is 0 Å². The van der Waals surface area contributed by atoms with Crippen LogP contribution in [0.2, 0.25) is 0 Å². The predicted octanol–water partition coefficient (Wildman–Crippen LogP) is 0.0476. The molecule has 1 heterocycles. The first-order valence-corrected chi connectivity index (χ1v) is 7.01. The molecular formula is C8H16N2O2S2. The minimum Gasteiger partial charge on any atom is -0.363 e. The number of hydrogen-bond donors (Lipinski definition) is 2. The molecule has 1 aliphatic heterocycles. The van der Waals surface area contributed by atoms with Crippen LogP contribution in [0.1, 0.15) is 19.8 Å². The number of nitrogens with one attached hydrogen (secondary N) is 2. The normalized spacial score (nSPS) is 24.5. The van der Waals surface area contributed by atoms with E-state index in [2.05, 4.69) is 17.6 Å². The molecule has 0 amide bonds. The van der Waals surface area contributed by atoms with Crippen LogP contribution in [0.3, 0.4) is 0 Å². The van der Waals surface area contributed by atoms with Gasteiger partial charge in [-0.15, -0.1) is 0 Å². The molecule has 2 N–H and O–H groups in total. The minimum atomic E-state index is -2.81. The Morgan fingerprint density at radius 2 is 2.29 bits per heavy atom. The molecule has 14 heavy (non-hydrogen) atoms. The van der Waals surface area contributed by atoms with Crippen molar-refractivity contribution in [2.75, 3.05) is 18.1 Å². The van der Waals surface area contributed by atoms with Crippen LogP contribution in [0, 0.1) is 0 Å². The largest absolute Gasteiger partial charge is 0.363 e. The fourth-order valence-corrected chi connectivity index (χ4v) is 3.33. The summed E-state index contributed by atoms with van der Waals surface area (Å²) in [5, 5.41) is 6.59. The van der Waals surface area contributed by atoms with Gasteiger partial charge in [-0.2, -0.15) is 0 Å². The third kappa shape index (κ3) is 3.79. The zero-order chi connectivity index (χ0) is 10.6. The molecule has 0 spiro atoms. The Morgan fingerprint density at radius 3 is 2.79 bits per heavy atom. The van der Waals surface area contributed by atoms with Gasteiger partial charge >= 0.3 is 0 Å². The van der Waals surface area contributed by atoms with Crippen LogP contribution in [-0.4, -0.2) is 37.6 Å². The van der Waals surface area contributed by atoms with Gasteiger partial charge in [-0.1, -0.05) is 6.92 Å². The standard InChI is InChI=1S/C8H16N2O2S2/c1-2-4-9-8(13)10-7-3-5-14(11,12)6-7/h7H,2-6H2,1H3,(H2,9,10,13). The van der Waals surface area contributed by atoms with E-state index in [-0.39, 0.29) is 17.5 Å². The zero-order valence-corrected chi connectivity index (χ0v) is 9.88. The summed E-state index contributed by atoms with van der Waals surface area (Å²) < 4.78 is 22.3. The third-order valence-electron chi connectivity index (χ3n) is 2.10. The van der Waals surface area contributed by atoms with Gasteiger partial charge in [0.05, 0.1) is 11.5 Å². The Kier molecular flexibility index (Phi) is 4.12. The monoisotopic (exact) mass is 236 g/mol. The van der Waals surface area contributed by atoms with E-state index < -0.39 is 9.84 Å². The summed E-state index contributed by atoms with van der Waals surface area (Å²) in [4.78, 5) is 0. The quantitative estimate of drug-likeness (QED) is 0.678. The van der Waals surface area contributed by atoms with Crippen molar-refractivity contribution < 1.29 is 8.42 Å². The molecule has 0 aromatic carbocycles. The van der Waals surface area contributed by atoms with Crippen molar-refractivity contribution in [1.82, 2.24) is 10.6 Å². The molecule has 0 radical (unpaired) electrons. The second-order valence-corrected chi connectivity index (χ2v) is 6.14. The summed E-state index contributed by atoms with van der Waals surface area (Å²) in [6.07, 6.45) is 1.67. The van der Waals surface area contributed by atoms with Crippen molar-refractivity contribution in [2.45, 2.75) is 25.8 Å². The Labute approximate surface area is 90.4 Å². The molecule has 6 heteroatoms. The second kappa shape index (κ2) is 4.93. The van der Waals surface area contributed by atoms with Crippen molar-refractivity contribution in [3.8, 4) is 0 Å². The van der Waals surface area contributed by atoms with Crippen LogP contribution in [0.4, 0.5) is 0 Å². The molecule has 0 saturated carbocycles. The maximum absolute atomic E-state index is 11.1. The maximum atomic E-state index is 11.1. The van der Waals surface area contributed by atoms with E-state index in [1.54, 1.807) is 0 Å². The van der Waals surface area contributed by atoms with E-state index in [0.29, 0.717) is 11.5 Å². The maximum Gasteiger partial charge on any atom is 0.166 e. The van der Waals surface area contributed by atoms with E-state index in [0.717, 1.165) is 13.0 Å². The van der Waals surface area contributed by atoms with Gasteiger partial charge in [0.25, 0.3) is 0 Å². The molecule has 0 aromatic rings.